The summed E-state index contributed by atoms with van der Waals surface area (Å²) in [5.41, 5.74) is 3.00. The average Bonchev–Trinajstić information content (AvgIpc) is 2.79. The molecule has 0 aliphatic carbocycles. The van der Waals surface area contributed by atoms with Gasteiger partial charge >= 0.3 is 0 Å². The number of carbonyl (C=O) groups is 1. The van der Waals surface area contributed by atoms with Crippen molar-refractivity contribution >= 4 is 33.5 Å². The number of rotatable bonds is 3. The van der Waals surface area contributed by atoms with Crippen molar-refractivity contribution in [1.29, 1.82) is 0 Å². The Hall–Kier alpha value is -4.26. The van der Waals surface area contributed by atoms with E-state index in [9.17, 15) is 9.18 Å². The minimum atomic E-state index is -0.357. The van der Waals surface area contributed by atoms with Crippen LogP contribution in [0.1, 0.15) is 6.92 Å². The van der Waals surface area contributed by atoms with E-state index in [1.807, 2.05) is 24.3 Å². The van der Waals surface area contributed by atoms with E-state index in [1.54, 1.807) is 43.0 Å². The maximum absolute atomic E-state index is 14.5. The van der Waals surface area contributed by atoms with E-state index in [0.29, 0.717) is 28.1 Å². The first kappa shape index (κ1) is 18.7. The molecule has 0 saturated carbocycles. The molecule has 6 nitrogen and oxygen atoms in total. The van der Waals surface area contributed by atoms with Gasteiger partial charge in [-0.25, -0.2) is 19.3 Å². The van der Waals surface area contributed by atoms with Crippen LogP contribution in [0, 0.1) is 5.82 Å². The molecule has 0 saturated heterocycles. The zero-order chi connectivity index (χ0) is 21.4. The number of aromatic nitrogens is 4. The number of benzene rings is 1. The van der Waals surface area contributed by atoms with Gasteiger partial charge in [0.2, 0.25) is 5.91 Å². The van der Waals surface area contributed by atoms with Crippen molar-refractivity contribution in [1.82, 2.24) is 19.9 Å². The second kappa shape index (κ2) is 7.53. The smallest absolute Gasteiger partial charge is 0.222 e. The van der Waals surface area contributed by atoms with Gasteiger partial charge in [-0.3, -0.25) is 9.78 Å². The number of halogens is 1. The quantitative estimate of drug-likeness (QED) is 0.453. The molecule has 0 unspecified atom stereocenters. The zero-order valence-corrected chi connectivity index (χ0v) is 16.5. The van der Waals surface area contributed by atoms with Gasteiger partial charge < -0.3 is 5.32 Å². The molecule has 0 fully saturated rings. The van der Waals surface area contributed by atoms with Crippen LogP contribution in [0.15, 0.2) is 73.3 Å². The van der Waals surface area contributed by atoms with Crippen LogP contribution in [0.4, 0.5) is 10.2 Å². The van der Waals surface area contributed by atoms with Crippen molar-refractivity contribution in [2.75, 3.05) is 5.32 Å². The number of hydrogen-bond acceptors (Lipinski definition) is 5. The van der Waals surface area contributed by atoms with Gasteiger partial charge in [-0.2, -0.15) is 0 Å². The van der Waals surface area contributed by atoms with Crippen molar-refractivity contribution in [2.24, 2.45) is 0 Å². The maximum atomic E-state index is 14.5. The van der Waals surface area contributed by atoms with Crippen LogP contribution in [0.25, 0.3) is 44.2 Å². The Morgan fingerprint density at radius 2 is 1.74 bits per heavy atom. The summed E-state index contributed by atoms with van der Waals surface area (Å²) in [5.74, 6) is -0.139. The molecule has 0 radical (unpaired) electrons. The van der Waals surface area contributed by atoms with Crippen molar-refractivity contribution in [3.05, 3.63) is 79.1 Å². The SMILES string of the molecule is CC(=O)Nc1ncc(-c2cc(-c3ccccc3F)nc3ncccc23)c2ccncc12. The first-order valence-electron chi connectivity index (χ1n) is 9.63. The predicted octanol–water partition coefficient (Wildman–Crippen LogP) is 5.00. The van der Waals surface area contributed by atoms with E-state index >= 15 is 0 Å². The highest BCUT2D eigenvalue weighted by atomic mass is 19.1. The van der Waals surface area contributed by atoms with Crippen molar-refractivity contribution < 1.29 is 9.18 Å². The first-order chi connectivity index (χ1) is 15.1. The van der Waals surface area contributed by atoms with E-state index in [0.717, 1.165) is 21.9 Å². The molecule has 0 spiro atoms. The Labute approximate surface area is 176 Å². The van der Waals surface area contributed by atoms with Crippen LogP contribution in [0.2, 0.25) is 0 Å². The number of pyridine rings is 4. The lowest BCUT2D eigenvalue weighted by Gasteiger charge is -2.14. The van der Waals surface area contributed by atoms with Gasteiger partial charge in [0.25, 0.3) is 0 Å². The Morgan fingerprint density at radius 3 is 2.58 bits per heavy atom. The summed E-state index contributed by atoms with van der Waals surface area (Å²) in [6.07, 6.45) is 6.70. The van der Waals surface area contributed by atoms with Crippen LogP contribution in [0.5, 0.6) is 0 Å². The Bertz CT molecular complexity index is 1470. The molecule has 0 atom stereocenters. The number of hydrogen-bond donors (Lipinski definition) is 1. The molecule has 7 heteroatoms. The molecular weight excluding hydrogens is 393 g/mol. The lowest BCUT2D eigenvalue weighted by molar-refractivity contribution is -0.114. The molecule has 0 aliphatic rings. The topological polar surface area (TPSA) is 80.7 Å². The van der Waals surface area contributed by atoms with Crippen LogP contribution in [-0.4, -0.2) is 25.8 Å². The number of nitrogens with zero attached hydrogens (tertiary/aromatic N) is 4. The van der Waals surface area contributed by atoms with Gasteiger partial charge in [0.1, 0.15) is 11.6 Å². The lowest BCUT2D eigenvalue weighted by Crippen LogP contribution is -2.08. The molecule has 4 aromatic heterocycles. The first-order valence-corrected chi connectivity index (χ1v) is 9.63. The summed E-state index contributed by atoms with van der Waals surface area (Å²) in [5, 5.41) is 5.12. The van der Waals surface area contributed by atoms with Gasteiger partial charge in [0.05, 0.1) is 5.69 Å². The third-order valence-corrected chi connectivity index (χ3v) is 5.01. The predicted molar refractivity (Wildman–Crippen MR) is 118 cm³/mol. The van der Waals surface area contributed by atoms with Crippen LogP contribution < -0.4 is 5.32 Å². The van der Waals surface area contributed by atoms with Crippen molar-refractivity contribution in [2.45, 2.75) is 6.92 Å². The number of amides is 1. The molecule has 31 heavy (non-hydrogen) atoms. The second-order valence-electron chi connectivity index (χ2n) is 7.03. The van der Waals surface area contributed by atoms with E-state index in [4.69, 9.17) is 0 Å². The monoisotopic (exact) mass is 409 g/mol. The van der Waals surface area contributed by atoms with Crippen LogP contribution in [-0.2, 0) is 4.79 Å². The fraction of sp³-hybridized carbons (Fsp3) is 0.0417. The number of carbonyl (C=O) groups excluding carboxylic acids is 1. The van der Waals surface area contributed by atoms with Gasteiger partial charge in [0.15, 0.2) is 5.65 Å². The summed E-state index contributed by atoms with van der Waals surface area (Å²) in [6, 6.07) is 14.0. The standard InChI is InChI=1S/C24H16FN5O/c1-14(31)29-24-20-12-26-10-8-15(20)19(13-28-24)18-11-22(17-5-2-3-7-21(17)25)30-23-16(18)6-4-9-27-23/h2-13H,1H3,(H,28,29,31). The zero-order valence-electron chi connectivity index (χ0n) is 16.5. The largest absolute Gasteiger partial charge is 0.310 e. The molecule has 5 aromatic rings. The molecule has 1 amide bonds. The third-order valence-electron chi connectivity index (χ3n) is 5.01. The highest BCUT2D eigenvalue weighted by molar-refractivity contribution is 6.08. The molecule has 150 valence electrons. The van der Waals surface area contributed by atoms with Crippen LogP contribution >= 0.6 is 0 Å². The fourth-order valence-corrected chi connectivity index (χ4v) is 3.65. The van der Waals surface area contributed by atoms with Crippen molar-refractivity contribution in [3.63, 3.8) is 0 Å². The molecule has 0 bridgehead atoms. The Kier molecular flexibility index (Phi) is 4.55. The summed E-state index contributed by atoms with van der Waals surface area (Å²) in [7, 11) is 0. The van der Waals surface area contributed by atoms with E-state index < -0.39 is 0 Å². The van der Waals surface area contributed by atoms with Crippen LogP contribution in [0.3, 0.4) is 0 Å². The van der Waals surface area contributed by atoms with Gasteiger partial charge in [-0.15, -0.1) is 0 Å². The Morgan fingerprint density at radius 1 is 0.871 bits per heavy atom. The highest BCUT2D eigenvalue weighted by Crippen LogP contribution is 2.37. The maximum Gasteiger partial charge on any atom is 0.222 e. The number of fused-ring (bicyclic) bond motifs is 2. The molecule has 1 N–H and O–H groups in total. The van der Waals surface area contributed by atoms with Gasteiger partial charge in [-0.05, 0) is 47.3 Å². The third kappa shape index (κ3) is 3.36. The van der Waals surface area contributed by atoms with E-state index in [2.05, 4.69) is 25.3 Å². The number of anilines is 1. The van der Waals surface area contributed by atoms with Crippen molar-refractivity contribution in [3.8, 4) is 22.4 Å². The lowest BCUT2D eigenvalue weighted by atomic mass is 9.97. The minimum absolute atomic E-state index is 0.217. The summed E-state index contributed by atoms with van der Waals surface area (Å²) in [6.45, 7) is 1.43. The van der Waals surface area contributed by atoms with E-state index in [1.165, 1.54) is 13.0 Å². The summed E-state index contributed by atoms with van der Waals surface area (Å²) in [4.78, 5) is 29.2. The summed E-state index contributed by atoms with van der Waals surface area (Å²) >= 11 is 0. The van der Waals surface area contributed by atoms with Gasteiger partial charge in [-0.1, -0.05) is 12.1 Å². The summed E-state index contributed by atoms with van der Waals surface area (Å²) < 4.78 is 14.5. The molecular formula is C24H16FN5O. The van der Waals surface area contributed by atoms with E-state index in [-0.39, 0.29) is 11.7 Å². The fourth-order valence-electron chi connectivity index (χ4n) is 3.65. The molecule has 1 aromatic carbocycles. The average molecular weight is 409 g/mol. The molecule has 4 heterocycles. The number of nitrogens with one attached hydrogen (secondary N) is 1. The second-order valence-corrected chi connectivity index (χ2v) is 7.03. The molecule has 0 aliphatic heterocycles. The molecule has 5 rings (SSSR count). The highest BCUT2D eigenvalue weighted by Gasteiger charge is 2.16. The minimum Gasteiger partial charge on any atom is -0.310 e. The normalized spacial score (nSPS) is 11.0. The van der Waals surface area contributed by atoms with Gasteiger partial charge in [0, 0.05) is 53.6 Å². The Balaban J connectivity index is 1.82.